The minimum atomic E-state index is -0.874. The lowest BCUT2D eigenvalue weighted by Crippen LogP contribution is -1.97. The fraction of sp³-hybridized carbons (Fsp3) is 0.125. The molecule has 128 valence electrons. The molecule has 3 rings (SSSR count). The molecule has 3 aromatic rings. The summed E-state index contributed by atoms with van der Waals surface area (Å²) < 4.78 is 30.0. The molecule has 0 N–H and O–H groups in total. The van der Waals surface area contributed by atoms with Crippen LogP contribution in [0.4, 0.5) is 10.1 Å². The second-order valence-corrected chi connectivity index (χ2v) is 4.88. The molecule has 0 amide bonds. The number of aromatic nitrogens is 2. The molecule has 25 heavy (non-hydrogen) atoms. The maximum atomic E-state index is 14.0. The summed E-state index contributed by atoms with van der Waals surface area (Å²) in [6.45, 7) is 0. The van der Waals surface area contributed by atoms with Crippen molar-refractivity contribution in [1.82, 2.24) is 9.97 Å². The highest BCUT2D eigenvalue weighted by molar-refractivity contribution is 5.87. The van der Waals surface area contributed by atoms with E-state index >= 15 is 0 Å². The number of non-ortho nitro benzene ring substituents is 1. The number of halogens is 1. The van der Waals surface area contributed by atoms with Gasteiger partial charge < -0.3 is 14.2 Å². The molecule has 2 aromatic carbocycles. The third-order valence-electron chi connectivity index (χ3n) is 3.44. The van der Waals surface area contributed by atoms with Gasteiger partial charge in [-0.3, -0.25) is 10.1 Å². The molecule has 9 heteroatoms. The summed E-state index contributed by atoms with van der Waals surface area (Å²) in [6, 6.07) is 6.33. The van der Waals surface area contributed by atoms with E-state index in [0.717, 1.165) is 12.1 Å². The van der Waals surface area contributed by atoms with Gasteiger partial charge in [0.1, 0.15) is 6.33 Å². The van der Waals surface area contributed by atoms with Gasteiger partial charge in [-0.2, -0.15) is 0 Å². The molecule has 1 heterocycles. The Balaban J connectivity index is 2.06. The van der Waals surface area contributed by atoms with Gasteiger partial charge in [0.25, 0.3) is 5.69 Å². The molecule has 0 radical (unpaired) electrons. The fourth-order valence-corrected chi connectivity index (χ4v) is 2.23. The van der Waals surface area contributed by atoms with Crippen molar-refractivity contribution in [2.75, 3.05) is 14.2 Å². The minimum absolute atomic E-state index is 0.0821. The lowest BCUT2D eigenvalue weighted by molar-refractivity contribution is -0.385. The van der Waals surface area contributed by atoms with Gasteiger partial charge in [0.05, 0.1) is 36.1 Å². The number of fused-ring (bicyclic) bond motifs is 1. The van der Waals surface area contributed by atoms with Gasteiger partial charge in [-0.25, -0.2) is 14.4 Å². The van der Waals surface area contributed by atoms with Crippen LogP contribution in [-0.4, -0.2) is 29.1 Å². The van der Waals surface area contributed by atoms with Crippen LogP contribution in [0.15, 0.2) is 36.7 Å². The monoisotopic (exact) mass is 345 g/mol. The van der Waals surface area contributed by atoms with E-state index < -0.39 is 10.7 Å². The topological polar surface area (TPSA) is 96.6 Å². The van der Waals surface area contributed by atoms with E-state index in [1.54, 1.807) is 12.1 Å². The van der Waals surface area contributed by atoms with E-state index in [-0.39, 0.29) is 17.3 Å². The van der Waals surface area contributed by atoms with Gasteiger partial charge in [-0.05, 0) is 12.1 Å². The first kappa shape index (κ1) is 16.4. The van der Waals surface area contributed by atoms with Crippen LogP contribution in [0.1, 0.15) is 0 Å². The zero-order chi connectivity index (χ0) is 18.0. The summed E-state index contributed by atoms with van der Waals surface area (Å²) >= 11 is 0. The summed E-state index contributed by atoms with van der Waals surface area (Å²) in [5, 5.41) is 11.2. The van der Waals surface area contributed by atoms with Crippen molar-refractivity contribution in [2.24, 2.45) is 0 Å². The second-order valence-electron chi connectivity index (χ2n) is 4.88. The van der Waals surface area contributed by atoms with Crippen molar-refractivity contribution >= 4 is 16.6 Å². The van der Waals surface area contributed by atoms with E-state index in [9.17, 15) is 14.5 Å². The molecule has 0 atom stereocenters. The van der Waals surface area contributed by atoms with Crippen LogP contribution in [0.2, 0.25) is 0 Å². The van der Waals surface area contributed by atoms with Crippen LogP contribution >= 0.6 is 0 Å². The standard InChI is InChI=1S/C16H12FN3O5/c1-23-14-6-10-12(7-15(14)24-2)18-8-19-16(10)25-13-4-3-9(20(21)22)5-11(13)17/h3-8H,1-2H3. The number of nitro benzene ring substituents is 1. The second kappa shape index (κ2) is 6.56. The molecule has 0 bridgehead atoms. The molecular formula is C16H12FN3O5. The summed E-state index contributed by atoms with van der Waals surface area (Å²) in [4.78, 5) is 18.1. The molecule has 0 fully saturated rings. The minimum Gasteiger partial charge on any atom is -0.493 e. The molecule has 8 nitrogen and oxygen atoms in total. The first-order valence-corrected chi connectivity index (χ1v) is 7.02. The average molecular weight is 345 g/mol. The maximum Gasteiger partial charge on any atom is 0.272 e. The van der Waals surface area contributed by atoms with Gasteiger partial charge in [0.2, 0.25) is 5.88 Å². The molecule has 0 aliphatic rings. The Hall–Kier alpha value is -3.49. The van der Waals surface area contributed by atoms with Gasteiger partial charge in [0.15, 0.2) is 23.1 Å². The Bertz CT molecular complexity index is 964. The van der Waals surface area contributed by atoms with E-state index in [1.807, 2.05) is 0 Å². The Morgan fingerprint density at radius 1 is 1.04 bits per heavy atom. The van der Waals surface area contributed by atoms with E-state index in [2.05, 4.69) is 9.97 Å². The first-order valence-electron chi connectivity index (χ1n) is 7.02. The maximum absolute atomic E-state index is 14.0. The fourth-order valence-electron chi connectivity index (χ4n) is 2.23. The summed E-state index contributed by atoms with van der Waals surface area (Å²) in [5.74, 6) is -0.0829. The van der Waals surface area contributed by atoms with Crippen molar-refractivity contribution in [3.63, 3.8) is 0 Å². The number of hydrogen-bond acceptors (Lipinski definition) is 7. The smallest absolute Gasteiger partial charge is 0.272 e. The number of hydrogen-bond donors (Lipinski definition) is 0. The number of nitrogens with zero attached hydrogens (tertiary/aromatic N) is 3. The summed E-state index contributed by atoms with van der Waals surface area (Å²) in [7, 11) is 2.97. The van der Waals surface area contributed by atoms with Crippen LogP contribution in [0.5, 0.6) is 23.1 Å². The molecule has 0 aliphatic heterocycles. The van der Waals surface area contributed by atoms with Crippen molar-refractivity contribution in [1.29, 1.82) is 0 Å². The van der Waals surface area contributed by atoms with Crippen molar-refractivity contribution in [2.45, 2.75) is 0 Å². The van der Waals surface area contributed by atoms with Crippen LogP contribution in [-0.2, 0) is 0 Å². The third-order valence-corrected chi connectivity index (χ3v) is 3.44. The number of ether oxygens (including phenoxy) is 3. The van der Waals surface area contributed by atoms with Crippen molar-refractivity contribution in [3.8, 4) is 23.1 Å². The third kappa shape index (κ3) is 3.11. The van der Waals surface area contributed by atoms with Crippen LogP contribution in [0.25, 0.3) is 10.9 Å². The molecule has 0 spiro atoms. The summed E-state index contributed by atoms with van der Waals surface area (Å²) in [6.07, 6.45) is 1.26. The Morgan fingerprint density at radius 2 is 1.76 bits per heavy atom. The predicted molar refractivity (Wildman–Crippen MR) is 85.8 cm³/mol. The zero-order valence-corrected chi connectivity index (χ0v) is 13.2. The van der Waals surface area contributed by atoms with Gasteiger partial charge >= 0.3 is 0 Å². The van der Waals surface area contributed by atoms with Crippen molar-refractivity contribution in [3.05, 3.63) is 52.6 Å². The Morgan fingerprint density at radius 3 is 2.40 bits per heavy atom. The molecule has 0 saturated heterocycles. The average Bonchev–Trinajstić information content (AvgIpc) is 2.62. The highest BCUT2D eigenvalue weighted by Gasteiger charge is 2.16. The molecule has 1 aromatic heterocycles. The Kier molecular flexibility index (Phi) is 4.29. The van der Waals surface area contributed by atoms with E-state index in [4.69, 9.17) is 14.2 Å². The van der Waals surface area contributed by atoms with Crippen LogP contribution < -0.4 is 14.2 Å². The number of methoxy groups -OCH3 is 2. The van der Waals surface area contributed by atoms with Gasteiger partial charge in [0, 0.05) is 12.1 Å². The molecule has 0 aliphatic carbocycles. The van der Waals surface area contributed by atoms with E-state index in [1.165, 1.54) is 26.6 Å². The SMILES string of the molecule is COc1cc2ncnc(Oc3ccc([N+](=O)[O-])cc3F)c2cc1OC. The van der Waals surface area contributed by atoms with Crippen molar-refractivity contribution < 1.29 is 23.5 Å². The zero-order valence-electron chi connectivity index (χ0n) is 13.2. The van der Waals surface area contributed by atoms with E-state index in [0.29, 0.717) is 22.4 Å². The highest BCUT2D eigenvalue weighted by atomic mass is 19.1. The molecule has 0 saturated carbocycles. The number of benzene rings is 2. The Labute approximate surface area is 140 Å². The largest absolute Gasteiger partial charge is 0.493 e. The summed E-state index contributed by atoms with van der Waals surface area (Å²) in [5.41, 5.74) is 0.133. The van der Waals surface area contributed by atoms with Crippen LogP contribution in [0, 0.1) is 15.9 Å². The lowest BCUT2D eigenvalue weighted by atomic mass is 10.2. The van der Waals surface area contributed by atoms with Crippen LogP contribution in [0.3, 0.4) is 0 Å². The predicted octanol–water partition coefficient (Wildman–Crippen LogP) is 3.49. The quantitative estimate of drug-likeness (QED) is 0.516. The van der Waals surface area contributed by atoms with Gasteiger partial charge in [-0.1, -0.05) is 0 Å². The van der Waals surface area contributed by atoms with Gasteiger partial charge in [-0.15, -0.1) is 0 Å². The lowest BCUT2D eigenvalue weighted by Gasteiger charge is -2.11. The normalized spacial score (nSPS) is 10.5. The molecule has 0 unspecified atom stereocenters. The molecular weight excluding hydrogens is 333 g/mol. The number of nitro groups is 1. The number of rotatable bonds is 5. The highest BCUT2D eigenvalue weighted by Crippen LogP contribution is 2.36. The first-order chi connectivity index (χ1) is 12.0.